The van der Waals surface area contributed by atoms with Crippen LogP contribution in [0.15, 0.2) is 35.5 Å². The van der Waals surface area contributed by atoms with Crippen molar-refractivity contribution in [2.45, 2.75) is 24.3 Å². The lowest BCUT2D eigenvalue weighted by Crippen LogP contribution is -2.14. The zero-order valence-corrected chi connectivity index (χ0v) is 13.8. The van der Waals surface area contributed by atoms with E-state index in [4.69, 9.17) is 9.84 Å². The van der Waals surface area contributed by atoms with Gasteiger partial charge in [0.05, 0.1) is 24.4 Å². The van der Waals surface area contributed by atoms with E-state index in [1.807, 2.05) is 0 Å². The first-order chi connectivity index (χ1) is 11.4. The van der Waals surface area contributed by atoms with Crippen molar-refractivity contribution in [2.75, 3.05) is 17.9 Å². The molecular weight excluding hydrogens is 334 g/mol. The Morgan fingerprint density at radius 2 is 2.25 bits per heavy atom. The number of sulfonamides is 1. The zero-order chi connectivity index (χ0) is 17.3. The van der Waals surface area contributed by atoms with Crippen LogP contribution in [0.3, 0.4) is 0 Å². The summed E-state index contributed by atoms with van der Waals surface area (Å²) in [5.41, 5.74) is 0.795. The first-order valence-electron chi connectivity index (χ1n) is 7.35. The van der Waals surface area contributed by atoms with E-state index in [1.165, 1.54) is 24.5 Å². The number of ether oxygens (including phenoxy) is 1. The molecule has 0 saturated carbocycles. The Balaban J connectivity index is 1.84. The third-order valence-electron chi connectivity index (χ3n) is 3.89. The second kappa shape index (κ2) is 6.25. The number of aromatic nitrogens is 2. The molecule has 0 radical (unpaired) electrons. The molecule has 9 heteroatoms. The van der Waals surface area contributed by atoms with Gasteiger partial charge in [-0.3, -0.25) is 9.40 Å². The first kappa shape index (κ1) is 16.5. The van der Waals surface area contributed by atoms with Gasteiger partial charge in [-0.1, -0.05) is 6.07 Å². The van der Waals surface area contributed by atoms with E-state index in [2.05, 4.69) is 9.82 Å². The molecule has 1 atom stereocenters. The average molecular weight is 351 g/mol. The van der Waals surface area contributed by atoms with Gasteiger partial charge < -0.3 is 9.84 Å². The summed E-state index contributed by atoms with van der Waals surface area (Å²) in [6, 6.07) is 4.41. The molecule has 1 aliphatic heterocycles. The molecule has 0 amide bonds. The van der Waals surface area contributed by atoms with Gasteiger partial charge in [0.15, 0.2) is 0 Å². The van der Waals surface area contributed by atoms with Crippen molar-refractivity contribution in [3.8, 4) is 0 Å². The van der Waals surface area contributed by atoms with Crippen LogP contribution >= 0.6 is 0 Å². The second-order valence-electron chi connectivity index (χ2n) is 5.61. The molecule has 1 aromatic carbocycles. The van der Waals surface area contributed by atoms with Crippen molar-refractivity contribution in [1.82, 2.24) is 9.78 Å². The van der Waals surface area contributed by atoms with Crippen molar-refractivity contribution in [1.29, 1.82) is 0 Å². The fraction of sp³-hybridized carbons (Fsp3) is 0.333. The van der Waals surface area contributed by atoms with E-state index < -0.39 is 16.0 Å². The number of nitrogens with one attached hydrogen (secondary N) is 1. The van der Waals surface area contributed by atoms with Gasteiger partial charge >= 0.3 is 5.97 Å². The number of hydrogen-bond donors (Lipinski definition) is 2. The summed E-state index contributed by atoms with van der Waals surface area (Å²) in [6.45, 7) is 2.79. The van der Waals surface area contributed by atoms with Crippen molar-refractivity contribution >= 4 is 21.7 Å². The molecule has 0 bridgehead atoms. The molecule has 1 saturated heterocycles. The predicted molar refractivity (Wildman–Crippen MR) is 85.6 cm³/mol. The molecule has 1 aliphatic rings. The molecule has 1 fully saturated rings. The monoisotopic (exact) mass is 351 g/mol. The SMILES string of the molecule is Cc1ccc(NS(=O)(=O)c2cnn(C3CCOC3)c2)cc1C(=O)O. The Labute approximate surface area is 139 Å². The van der Waals surface area contributed by atoms with Crippen LogP contribution in [0.25, 0.3) is 0 Å². The minimum atomic E-state index is -3.84. The number of carboxylic acids is 1. The maximum Gasteiger partial charge on any atom is 0.336 e. The molecule has 24 heavy (non-hydrogen) atoms. The van der Waals surface area contributed by atoms with Crippen LogP contribution in [0, 0.1) is 6.92 Å². The van der Waals surface area contributed by atoms with E-state index >= 15 is 0 Å². The molecule has 2 heterocycles. The Kier molecular flexibility index (Phi) is 4.29. The zero-order valence-electron chi connectivity index (χ0n) is 13.0. The fourth-order valence-electron chi connectivity index (χ4n) is 2.52. The van der Waals surface area contributed by atoms with Gasteiger partial charge in [0.25, 0.3) is 10.0 Å². The Morgan fingerprint density at radius 1 is 1.46 bits per heavy atom. The summed E-state index contributed by atoms with van der Waals surface area (Å²) in [5, 5.41) is 13.2. The molecular formula is C15H17N3O5S. The summed E-state index contributed by atoms with van der Waals surface area (Å²) in [5.74, 6) is -1.11. The number of hydrogen-bond acceptors (Lipinski definition) is 5. The Bertz CT molecular complexity index is 869. The quantitative estimate of drug-likeness (QED) is 0.847. The fourth-order valence-corrected chi connectivity index (χ4v) is 3.51. The molecule has 128 valence electrons. The van der Waals surface area contributed by atoms with Crippen molar-refractivity contribution < 1.29 is 23.1 Å². The number of carboxylic acid groups (broad SMARTS) is 1. The summed E-state index contributed by atoms with van der Waals surface area (Å²) >= 11 is 0. The average Bonchev–Trinajstić information content (AvgIpc) is 3.19. The Hall–Kier alpha value is -2.39. The highest BCUT2D eigenvalue weighted by atomic mass is 32.2. The van der Waals surface area contributed by atoms with E-state index in [0.29, 0.717) is 18.8 Å². The van der Waals surface area contributed by atoms with Crippen molar-refractivity contribution in [3.05, 3.63) is 41.7 Å². The molecule has 8 nitrogen and oxygen atoms in total. The summed E-state index contributed by atoms with van der Waals surface area (Å²) < 4.78 is 34.1. The third kappa shape index (κ3) is 3.26. The van der Waals surface area contributed by atoms with Crippen LogP contribution in [0.1, 0.15) is 28.4 Å². The molecule has 2 aromatic rings. The number of aryl methyl sites for hydroxylation is 1. The van der Waals surface area contributed by atoms with E-state index in [0.717, 1.165) is 6.42 Å². The lowest BCUT2D eigenvalue weighted by molar-refractivity contribution is 0.0696. The second-order valence-corrected chi connectivity index (χ2v) is 7.30. The summed E-state index contributed by atoms with van der Waals surface area (Å²) in [4.78, 5) is 11.2. The standard InChI is InChI=1S/C15H17N3O5S/c1-10-2-3-11(6-14(10)15(19)20)17-24(21,22)13-7-16-18(8-13)12-4-5-23-9-12/h2-3,6-8,12,17H,4-5,9H2,1H3,(H,19,20). The molecule has 1 unspecified atom stereocenters. The van der Waals surface area contributed by atoms with Gasteiger partial charge in [0.2, 0.25) is 0 Å². The van der Waals surface area contributed by atoms with Crippen LogP contribution in [-0.4, -0.2) is 42.5 Å². The van der Waals surface area contributed by atoms with Crippen LogP contribution in [-0.2, 0) is 14.8 Å². The smallest absolute Gasteiger partial charge is 0.336 e. The maximum atomic E-state index is 12.5. The molecule has 2 N–H and O–H groups in total. The van der Waals surface area contributed by atoms with Gasteiger partial charge in [-0.25, -0.2) is 13.2 Å². The maximum absolute atomic E-state index is 12.5. The normalized spacial score (nSPS) is 17.8. The van der Waals surface area contributed by atoms with Crippen LogP contribution in [0.5, 0.6) is 0 Å². The molecule has 0 aliphatic carbocycles. The van der Waals surface area contributed by atoms with Crippen LogP contribution in [0.4, 0.5) is 5.69 Å². The number of benzene rings is 1. The Morgan fingerprint density at radius 3 is 2.92 bits per heavy atom. The van der Waals surface area contributed by atoms with E-state index in [9.17, 15) is 13.2 Å². The number of rotatable bonds is 5. The van der Waals surface area contributed by atoms with E-state index in [1.54, 1.807) is 17.7 Å². The first-order valence-corrected chi connectivity index (χ1v) is 8.84. The summed E-state index contributed by atoms with van der Waals surface area (Å²) in [7, 11) is -3.84. The van der Waals surface area contributed by atoms with Crippen LogP contribution in [0.2, 0.25) is 0 Å². The number of anilines is 1. The summed E-state index contributed by atoms with van der Waals surface area (Å²) in [6.07, 6.45) is 3.51. The van der Waals surface area contributed by atoms with Gasteiger partial charge in [0, 0.05) is 18.5 Å². The lowest BCUT2D eigenvalue weighted by atomic mass is 10.1. The third-order valence-corrected chi connectivity index (χ3v) is 5.22. The van der Waals surface area contributed by atoms with Gasteiger partial charge in [-0.15, -0.1) is 0 Å². The number of carbonyl (C=O) groups is 1. The lowest BCUT2D eigenvalue weighted by Gasteiger charge is -2.09. The number of aromatic carboxylic acids is 1. The largest absolute Gasteiger partial charge is 0.478 e. The van der Waals surface area contributed by atoms with Crippen molar-refractivity contribution in [2.24, 2.45) is 0 Å². The van der Waals surface area contributed by atoms with Crippen molar-refractivity contribution in [3.63, 3.8) is 0 Å². The van der Waals surface area contributed by atoms with Gasteiger partial charge in [-0.05, 0) is 31.0 Å². The van der Waals surface area contributed by atoms with Crippen LogP contribution < -0.4 is 4.72 Å². The van der Waals surface area contributed by atoms with E-state index in [-0.39, 0.29) is 22.2 Å². The minimum absolute atomic E-state index is 0.0202. The molecule has 0 spiro atoms. The highest BCUT2D eigenvalue weighted by Gasteiger charge is 2.22. The topological polar surface area (TPSA) is 111 Å². The van der Waals surface area contributed by atoms with Gasteiger partial charge in [0.1, 0.15) is 4.90 Å². The minimum Gasteiger partial charge on any atom is -0.478 e. The highest BCUT2D eigenvalue weighted by molar-refractivity contribution is 7.92. The predicted octanol–water partition coefficient (Wildman–Crippen LogP) is 1.65. The molecule has 1 aromatic heterocycles. The molecule has 3 rings (SSSR count). The van der Waals surface area contributed by atoms with Gasteiger partial charge in [-0.2, -0.15) is 5.10 Å². The highest BCUT2D eigenvalue weighted by Crippen LogP contribution is 2.22. The number of nitrogens with zero attached hydrogens (tertiary/aromatic N) is 2.